The van der Waals surface area contributed by atoms with Gasteiger partial charge < -0.3 is 10.6 Å². The van der Waals surface area contributed by atoms with Crippen LogP contribution < -0.4 is 5.73 Å². The third kappa shape index (κ3) is 4.26. The average molecular weight is 256 g/mol. The lowest BCUT2D eigenvalue weighted by atomic mass is 9.82. The van der Waals surface area contributed by atoms with Crippen LogP contribution in [0.3, 0.4) is 0 Å². The van der Waals surface area contributed by atoms with E-state index in [4.69, 9.17) is 18.0 Å². The minimum Gasteiger partial charge on any atom is -0.393 e. The van der Waals surface area contributed by atoms with E-state index in [1.807, 2.05) is 14.0 Å². The molecule has 1 fully saturated rings. The Hall–Kier alpha value is -0.640. The van der Waals surface area contributed by atoms with Gasteiger partial charge in [0.15, 0.2) is 0 Å². The van der Waals surface area contributed by atoms with Crippen LogP contribution in [0.15, 0.2) is 0 Å². The molecule has 2 N–H and O–H groups in total. The number of carbonyl (C=O) groups is 1. The lowest BCUT2D eigenvalue weighted by Gasteiger charge is -2.30. The smallest absolute Gasteiger partial charge is 0.225 e. The zero-order chi connectivity index (χ0) is 13.0. The molecule has 1 aliphatic carbocycles. The minimum atomic E-state index is 0.0986. The lowest BCUT2D eigenvalue weighted by molar-refractivity contribution is -0.135. The molecular formula is C13H24N2OS. The van der Waals surface area contributed by atoms with Crippen molar-refractivity contribution < 1.29 is 4.79 Å². The molecule has 0 aromatic carbocycles. The van der Waals surface area contributed by atoms with Gasteiger partial charge in [-0.05, 0) is 31.6 Å². The van der Waals surface area contributed by atoms with Crippen LogP contribution in [0.2, 0.25) is 0 Å². The van der Waals surface area contributed by atoms with E-state index in [1.165, 1.54) is 12.8 Å². The van der Waals surface area contributed by atoms with Crippen LogP contribution in [0.25, 0.3) is 0 Å². The van der Waals surface area contributed by atoms with Crippen molar-refractivity contribution in [3.8, 4) is 0 Å². The van der Waals surface area contributed by atoms with Gasteiger partial charge in [0.1, 0.15) is 0 Å². The standard InChI is InChI=1S/C13H24N2OS/c1-9-4-6-11(7-5-9)13(16)15(3)8-10(2)12(14)17/h9-11H,4-8H2,1-3H3,(H2,14,17). The van der Waals surface area contributed by atoms with Crippen LogP contribution in [0.5, 0.6) is 0 Å². The first-order valence-electron chi connectivity index (χ1n) is 6.46. The molecule has 3 nitrogen and oxygen atoms in total. The summed E-state index contributed by atoms with van der Waals surface area (Å²) in [4.78, 5) is 14.5. The summed E-state index contributed by atoms with van der Waals surface area (Å²) >= 11 is 4.93. The molecule has 0 heterocycles. The summed E-state index contributed by atoms with van der Waals surface area (Å²) in [7, 11) is 1.86. The molecule has 0 aromatic rings. The van der Waals surface area contributed by atoms with Crippen molar-refractivity contribution in [1.82, 2.24) is 4.90 Å². The normalized spacial score (nSPS) is 26.3. The van der Waals surface area contributed by atoms with Crippen molar-refractivity contribution in [3.05, 3.63) is 0 Å². The fourth-order valence-corrected chi connectivity index (χ4v) is 2.48. The van der Waals surface area contributed by atoms with Crippen LogP contribution >= 0.6 is 12.2 Å². The maximum Gasteiger partial charge on any atom is 0.225 e. The Balaban J connectivity index is 2.43. The van der Waals surface area contributed by atoms with E-state index in [2.05, 4.69) is 6.92 Å². The molecule has 0 saturated heterocycles. The van der Waals surface area contributed by atoms with Crippen molar-refractivity contribution in [2.75, 3.05) is 13.6 Å². The monoisotopic (exact) mass is 256 g/mol. The predicted molar refractivity (Wildman–Crippen MR) is 74.7 cm³/mol. The molecule has 0 bridgehead atoms. The van der Waals surface area contributed by atoms with Gasteiger partial charge in [-0.1, -0.05) is 26.1 Å². The number of hydrogen-bond donors (Lipinski definition) is 1. The van der Waals surface area contributed by atoms with Gasteiger partial charge in [-0.25, -0.2) is 0 Å². The first kappa shape index (κ1) is 14.4. The van der Waals surface area contributed by atoms with Gasteiger partial charge in [0, 0.05) is 25.4 Å². The highest BCUT2D eigenvalue weighted by molar-refractivity contribution is 7.80. The molecule has 98 valence electrons. The Bertz CT molecular complexity index is 285. The molecule has 1 unspecified atom stereocenters. The predicted octanol–water partition coefficient (Wildman–Crippen LogP) is 2.19. The molecule has 0 spiro atoms. The van der Waals surface area contributed by atoms with Gasteiger partial charge in [-0.2, -0.15) is 0 Å². The van der Waals surface area contributed by atoms with E-state index < -0.39 is 0 Å². The summed E-state index contributed by atoms with van der Waals surface area (Å²) in [6.07, 6.45) is 4.42. The molecular weight excluding hydrogens is 232 g/mol. The third-order valence-corrected chi connectivity index (χ3v) is 4.18. The average Bonchev–Trinajstić information content (AvgIpc) is 2.28. The topological polar surface area (TPSA) is 46.3 Å². The lowest BCUT2D eigenvalue weighted by Crippen LogP contribution is -2.39. The fraction of sp³-hybridized carbons (Fsp3) is 0.846. The third-order valence-electron chi connectivity index (χ3n) is 3.77. The Morgan fingerprint density at radius 1 is 1.41 bits per heavy atom. The summed E-state index contributed by atoms with van der Waals surface area (Å²) in [5, 5.41) is 0. The van der Waals surface area contributed by atoms with E-state index in [0.717, 1.165) is 18.8 Å². The second-order valence-electron chi connectivity index (χ2n) is 5.48. The molecule has 1 rings (SSSR count). The molecule has 0 aromatic heterocycles. The Morgan fingerprint density at radius 2 is 1.94 bits per heavy atom. The van der Waals surface area contributed by atoms with Crippen molar-refractivity contribution in [2.24, 2.45) is 23.5 Å². The summed E-state index contributed by atoms with van der Waals surface area (Å²) in [5.74, 6) is 1.36. The van der Waals surface area contributed by atoms with Crippen LogP contribution in [-0.2, 0) is 4.79 Å². The largest absolute Gasteiger partial charge is 0.393 e. The van der Waals surface area contributed by atoms with Gasteiger partial charge in [-0.3, -0.25) is 4.79 Å². The summed E-state index contributed by atoms with van der Waals surface area (Å²) < 4.78 is 0. The summed E-state index contributed by atoms with van der Waals surface area (Å²) in [5.41, 5.74) is 5.57. The fourth-order valence-electron chi connectivity index (χ4n) is 2.41. The van der Waals surface area contributed by atoms with E-state index >= 15 is 0 Å². The zero-order valence-corrected chi connectivity index (χ0v) is 11.9. The van der Waals surface area contributed by atoms with E-state index in [9.17, 15) is 4.79 Å². The molecule has 1 amide bonds. The number of thiocarbonyl (C=S) groups is 1. The van der Waals surface area contributed by atoms with Crippen molar-refractivity contribution >= 4 is 23.1 Å². The van der Waals surface area contributed by atoms with Crippen molar-refractivity contribution in [2.45, 2.75) is 39.5 Å². The van der Waals surface area contributed by atoms with Crippen molar-refractivity contribution in [3.63, 3.8) is 0 Å². The molecule has 1 atom stereocenters. The van der Waals surface area contributed by atoms with Crippen LogP contribution in [0, 0.1) is 17.8 Å². The van der Waals surface area contributed by atoms with Gasteiger partial charge in [-0.15, -0.1) is 0 Å². The quantitative estimate of drug-likeness (QED) is 0.784. The van der Waals surface area contributed by atoms with Gasteiger partial charge >= 0.3 is 0 Å². The van der Waals surface area contributed by atoms with Gasteiger partial charge in [0.25, 0.3) is 0 Å². The highest BCUT2D eigenvalue weighted by atomic mass is 32.1. The van der Waals surface area contributed by atoms with E-state index in [1.54, 1.807) is 4.90 Å². The maximum absolute atomic E-state index is 12.2. The summed E-state index contributed by atoms with van der Waals surface area (Å²) in [6.45, 7) is 4.87. The van der Waals surface area contributed by atoms with E-state index in [-0.39, 0.29) is 17.7 Å². The van der Waals surface area contributed by atoms with Crippen LogP contribution in [0.4, 0.5) is 0 Å². The van der Waals surface area contributed by atoms with E-state index in [0.29, 0.717) is 11.5 Å². The molecule has 0 aliphatic heterocycles. The second-order valence-corrected chi connectivity index (χ2v) is 5.95. The minimum absolute atomic E-state index is 0.0986. The first-order chi connectivity index (χ1) is 7.91. The number of amides is 1. The van der Waals surface area contributed by atoms with Crippen molar-refractivity contribution in [1.29, 1.82) is 0 Å². The summed E-state index contributed by atoms with van der Waals surface area (Å²) in [6, 6.07) is 0. The Morgan fingerprint density at radius 3 is 2.41 bits per heavy atom. The van der Waals surface area contributed by atoms with Gasteiger partial charge in [0.2, 0.25) is 5.91 Å². The number of carbonyl (C=O) groups excluding carboxylic acids is 1. The second kappa shape index (κ2) is 6.34. The molecule has 17 heavy (non-hydrogen) atoms. The number of nitrogens with two attached hydrogens (primary N) is 1. The van der Waals surface area contributed by atoms with Crippen LogP contribution in [-0.4, -0.2) is 29.4 Å². The molecule has 1 aliphatic rings. The highest BCUT2D eigenvalue weighted by Crippen LogP contribution is 2.29. The SMILES string of the molecule is CC1CCC(C(=O)N(C)CC(C)C(N)=S)CC1. The molecule has 1 saturated carbocycles. The zero-order valence-electron chi connectivity index (χ0n) is 11.1. The molecule has 0 radical (unpaired) electrons. The Kier molecular flexibility index (Phi) is 5.37. The maximum atomic E-state index is 12.2. The number of rotatable bonds is 4. The first-order valence-corrected chi connectivity index (χ1v) is 6.87. The number of nitrogens with zero attached hydrogens (tertiary/aromatic N) is 1. The Labute approximate surface area is 110 Å². The van der Waals surface area contributed by atoms with Gasteiger partial charge in [0.05, 0.1) is 4.99 Å². The van der Waals surface area contributed by atoms with Crippen LogP contribution in [0.1, 0.15) is 39.5 Å². The highest BCUT2D eigenvalue weighted by Gasteiger charge is 2.27. The molecule has 4 heteroatoms. The number of hydrogen-bond acceptors (Lipinski definition) is 2.